The molecule has 0 saturated heterocycles. The second kappa shape index (κ2) is 6.15. The van der Waals surface area contributed by atoms with Crippen molar-refractivity contribution in [1.29, 1.82) is 0 Å². The number of nitrogens with zero attached hydrogens (tertiary/aromatic N) is 1. The van der Waals surface area contributed by atoms with Crippen LogP contribution in [0.25, 0.3) is 0 Å². The zero-order chi connectivity index (χ0) is 14.1. The molecular formula is C9H12BrClN2O2S3. The average Bonchev–Trinajstić information content (AvgIpc) is 2.55. The van der Waals surface area contributed by atoms with Crippen LogP contribution in [0, 0.1) is 0 Å². The predicted octanol–water partition coefficient (Wildman–Crippen LogP) is 2.85. The van der Waals surface area contributed by atoms with Crippen molar-refractivity contribution < 1.29 is 8.42 Å². The number of hydrogen-bond acceptors (Lipinski definition) is 4. The molecule has 0 spiro atoms. The van der Waals surface area contributed by atoms with E-state index in [1.54, 1.807) is 13.8 Å². The van der Waals surface area contributed by atoms with Gasteiger partial charge in [-0.05, 0) is 35.8 Å². The van der Waals surface area contributed by atoms with E-state index >= 15 is 0 Å². The largest absolute Gasteiger partial charge is 0.392 e. The third kappa shape index (κ3) is 3.64. The van der Waals surface area contributed by atoms with E-state index in [0.29, 0.717) is 8.81 Å². The standard InChI is InChI=1S/C9H12BrClN2O2S3/c1-5(2)13(4-7(12)16)18(14,15)8-3-6(11)9(10)17-8/h3,5H,4H2,1-2H3,(H2,12,16). The second-order valence-corrected chi connectivity index (χ2v) is 9.22. The van der Waals surface area contributed by atoms with E-state index in [1.165, 1.54) is 10.4 Å². The van der Waals surface area contributed by atoms with Crippen molar-refractivity contribution >= 4 is 66.1 Å². The van der Waals surface area contributed by atoms with Gasteiger partial charge >= 0.3 is 0 Å². The van der Waals surface area contributed by atoms with E-state index in [4.69, 9.17) is 29.6 Å². The fraction of sp³-hybridized carbons (Fsp3) is 0.444. The van der Waals surface area contributed by atoms with Crippen LogP contribution < -0.4 is 5.73 Å². The summed E-state index contributed by atoms with van der Waals surface area (Å²) in [5.74, 6) is 0. The number of thiophene rings is 1. The van der Waals surface area contributed by atoms with Crippen molar-refractivity contribution in [2.24, 2.45) is 5.73 Å². The summed E-state index contributed by atoms with van der Waals surface area (Å²) in [6, 6.07) is 1.18. The maximum Gasteiger partial charge on any atom is 0.253 e. The van der Waals surface area contributed by atoms with Crippen LogP contribution in [0.15, 0.2) is 14.1 Å². The first-order valence-corrected chi connectivity index (χ1v) is 8.74. The Morgan fingerprint density at radius 1 is 1.67 bits per heavy atom. The molecule has 0 aliphatic rings. The Bertz CT molecular complexity index is 537. The van der Waals surface area contributed by atoms with Gasteiger partial charge in [0, 0.05) is 6.04 Å². The van der Waals surface area contributed by atoms with Crippen LogP contribution in [0.5, 0.6) is 0 Å². The molecule has 4 nitrogen and oxygen atoms in total. The molecule has 0 fully saturated rings. The fourth-order valence-corrected chi connectivity index (χ4v) is 5.63. The van der Waals surface area contributed by atoms with Crippen molar-refractivity contribution in [3.63, 3.8) is 0 Å². The molecular weight excluding hydrogens is 380 g/mol. The lowest BCUT2D eigenvalue weighted by Crippen LogP contribution is -2.41. The molecule has 0 radical (unpaired) electrons. The highest BCUT2D eigenvalue weighted by molar-refractivity contribution is 9.11. The summed E-state index contributed by atoms with van der Waals surface area (Å²) in [4.78, 5) is 0.133. The van der Waals surface area contributed by atoms with Gasteiger partial charge in [-0.25, -0.2) is 8.42 Å². The molecule has 0 aliphatic heterocycles. The highest BCUT2D eigenvalue weighted by Crippen LogP contribution is 2.36. The van der Waals surface area contributed by atoms with Crippen LogP contribution >= 0.6 is 51.1 Å². The summed E-state index contributed by atoms with van der Waals surface area (Å²) in [7, 11) is -3.63. The fourth-order valence-electron chi connectivity index (χ4n) is 1.27. The molecule has 18 heavy (non-hydrogen) atoms. The van der Waals surface area contributed by atoms with E-state index in [-0.39, 0.29) is 21.8 Å². The van der Waals surface area contributed by atoms with Gasteiger partial charge in [0.15, 0.2) is 0 Å². The van der Waals surface area contributed by atoms with Crippen LogP contribution in [-0.2, 0) is 10.0 Å². The Morgan fingerprint density at radius 3 is 2.56 bits per heavy atom. The molecule has 1 heterocycles. The predicted molar refractivity (Wildman–Crippen MR) is 82.8 cm³/mol. The molecule has 0 amide bonds. The molecule has 2 N–H and O–H groups in total. The Labute approximate surface area is 129 Å². The SMILES string of the molecule is CC(C)N(CC(N)=S)S(=O)(=O)c1cc(Cl)c(Br)s1. The molecule has 0 aromatic carbocycles. The molecule has 0 saturated carbocycles. The zero-order valence-electron chi connectivity index (χ0n) is 9.68. The van der Waals surface area contributed by atoms with Gasteiger partial charge in [0.2, 0.25) is 0 Å². The molecule has 0 unspecified atom stereocenters. The summed E-state index contributed by atoms with van der Waals surface area (Å²) in [5.41, 5.74) is 5.43. The van der Waals surface area contributed by atoms with Crippen molar-refractivity contribution in [3.05, 3.63) is 14.9 Å². The molecule has 9 heteroatoms. The number of rotatable bonds is 5. The quantitative estimate of drug-likeness (QED) is 0.784. The highest BCUT2D eigenvalue weighted by atomic mass is 79.9. The molecule has 1 rings (SSSR count). The van der Waals surface area contributed by atoms with Crippen molar-refractivity contribution in [2.75, 3.05) is 6.54 Å². The van der Waals surface area contributed by atoms with Gasteiger partial charge in [-0.2, -0.15) is 4.31 Å². The van der Waals surface area contributed by atoms with Gasteiger partial charge in [-0.1, -0.05) is 23.8 Å². The molecule has 0 atom stereocenters. The minimum absolute atomic E-state index is 0.0163. The minimum Gasteiger partial charge on any atom is -0.392 e. The van der Waals surface area contributed by atoms with Gasteiger partial charge in [0.25, 0.3) is 10.0 Å². The van der Waals surface area contributed by atoms with Crippen LogP contribution in [0.1, 0.15) is 13.8 Å². The van der Waals surface area contributed by atoms with E-state index in [2.05, 4.69) is 15.9 Å². The summed E-state index contributed by atoms with van der Waals surface area (Å²) >= 11 is 14.9. The van der Waals surface area contributed by atoms with Crippen molar-refractivity contribution in [2.45, 2.75) is 24.1 Å². The first kappa shape index (κ1) is 16.3. The van der Waals surface area contributed by atoms with Gasteiger partial charge in [-0.3, -0.25) is 0 Å². The number of sulfonamides is 1. The third-order valence-electron chi connectivity index (χ3n) is 2.07. The Hall–Kier alpha value is 0.270. The van der Waals surface area contributed by atoms with Gasteiger partial charge in [-0.15, -0.1) is 11.3 Å². The van der Waals surface area contributed by atoms with E-state index in [1.807, 2.05) is 0 Å². The van der Waals surface area contributed by atoms with Gasteiger partial charge in [0.1, 0.15) is 4.21 Å². The Morgan fingerprint density at radius 2 is 2.22 bits per heavy atom. The molecule has 1 aromatic heterocycles. The molecule has 0 bridgehead atoms. The van der Waals surface area contributed by atoms with E-state index in [0.717, 1.165) is 11.3 Å². The monoisotopic (exact) mass is 390 g/mol. The summed E-state index contributed by atoms with van der Waals surface area (Å²) in [6.07, 6.45) is 0. The van der Waals surface area contributed by atoms with Crippen LogP contribution in [0.2, 0.25) is 5.02 Å². The smallest absolute Gasteiger partial charge is 0.253 e. The molecule has 1 aromatic rings. The second-order valence-electron chi connectivity index (χ2n) is 3.80. The lowest BCUT2D eigenvalue weighted by atomic mass is 10.4. The Balaban J connectivity index is 3.21. The van der Waals surface area contributed by atoms with E-state index in [9.17, 15) is 8.42 Å². The normalized spacial score (nSPS) is 12.3. The molecule has 102 valence electrons. The Kier molecular flexibility index (Phi) is 5.58. The summed E-state index contributed by atoms with van der Waals surface area (Å²) in [5, 5.41) is 0.373. The third-order valence-corrected chi connectivity index (χ3v) is 7.15. The maximum atomic E-state index is 12.4. The number of hydrogen-bond donors (Lipinski definition) is 1. The maximum absolute atomic E-state index is 12.4. The van der Waals surface area contributed by atoms with Crippen LogP contribution in [0.3, 0.4) is 0 Å². The number of halogens is 2. The highest BCUT2D eigenvalue weighted by Gasteiger charge is 2.29. The van der Waals surface area contributed by atoms with Crippen LogP contribution in [0.4, 0.5) is 0 Å². The summed E-state index contributed by atoms with van der Waals surface area (Å²) < 4.78 is 26.8. The lowest BCUT2D eigenvalue weighted by molar-refractivity contribution is 0.392. The first-order valence-electron chi connectivity index (χ1n) is 4.91. The molecule has 0 aliphatic carbocycles. The number of nitrogens with two attached hydrogens (primary N) is 1. The van der Waals surface area contributed by atoms with Crippen LogP contribution in [-0.4, -0.2) is 30.3 Å². The van der Waals surface area contributed by atoms with E-state index < -0.39 is 10.0 Å². The summed E-state index contributed by atoms with van der Waals surface area (Å²) in [6.45, 7) is 3.54. The first-order chi connectivity index (χ1) is 8.16. The number of thiocarbonyl (C=S) groups is 1. The average molecular weight is 392 g/mol. The van der Waals surface area contributed by atoms with Crippen molar-refractivity contribution in [1.82, 2.24) is 4.31 Å². The topological polar surface area (TPSA) is 63.4 Å². The van der Waals surface area contributed by atoms with Gasteiger partial charge in [0.05, 0.1) is 20.3 Å². The minimum atomic E-state index is -3.63. The lowest BCUT2D eigenvalue weighted by Gasteiger charge is -2.24. The van der Waals surface area contributed by atoms with Gasteiger partial charge < -0.3 is 5.73 Å². The zero-order valence-corrected chi connectivity index (χ0v) is 14.5. The van der Waals surface area contributed by atoms with Crippen molar-refractivity contribution in [3.8, 4) is 0 Å².